The number of nitrogens with zero attached hydrogens (tertiary/aromatic N) is 5. The summed E-state index contributed by atoms with van der Waals surface area (Å²) in [5.74, 6) is 1.01. The largest absolute Gasteiger partial charge is 0.506 e. The lowest BCUT2D eigenvalue weighted by Crippen LogP contribution is -2.49. The summed E-state index contributed by atoms with van der Waals surface area (Å²) in [5.41, 5.74) is 1.37. The Morgan fingerprint density at radius 3 is 2.50 bits per heavy atom. The van der Waals surface area contributed by atoms with Gasteiger partial charge < -0.3 is 14.9 Å². The van der Waals surface area contributed by atoms with Gasteiger partial charge in [0.2, 0.25) is 5.95 Å². The van der Waals surface area contributed by atoms with Gasteiger partial charge in [-0.2, -0.15) is 0 Å². The van der Waals surface area contributed by atoms with E-state index in [1.165, 1.54) is 12.3 Å². The molecule has 126 valence electrons. The van der Waals surface area contributed by atoms with Crippen LogP contribution in [-0.2, 0) is 0 Å². The molecule has 3 rings (SSSR count). The van der Waals surface area contributed by atoms with Gasteiger partial charge in [-0.05, 0) is 24.1 Å². The van der Waals surface area contributed by atoms with Crippen molar-refractivity contribution in [3.05, 3.63) is 42.0 Å². The molecule has 24 heavy (non-hydrogen) atoms. The minimum absolute atomic E-state index is 0.0542. The second kappa shape index (κ2) is 6.82. The average Bonchev–Trinajstić information content (AvgIpc) is 2.62. The monoisotopic (exact) mass is 327 g/mol. The third kappa shape index (κ3) is 3.45. The van der Waals surface area contributed by atoms with Crippen LogP contribution in [0.2, 0.25) is 0 Å². The Bertz CT molecular complexity index is 709. The zero-order valence-electron chi connectivity index (χ0n) is 13.9. The number of hydrogen-bond donors (Lipinski definition) is 1. The third-order valence-electron chi connectivity index (χ3n) is 4.07. The molecule has 0 aliphatic carbocycles. The second-order valence-electron chi connectivity index (χ2n) is 6.12. The summed E-state index contributed by atoms with van der Waals surface area (Å²) in [6.07, 6.45) is 3.07. The number of anilines is 1. The quantitative estimate of drug-likeness (QED) is 0.923. The fourth-order valence-corrected chi connectivity index (χ4v) is 2.62. The lowest BCUT2D eigenvalue weighted by molar-refractivity contribution is 0.0740. The molecule has 0 bridgehead atoms. The molecule has 1 fully saturated rings. The Labute approximate surface area is 141 Å². The van der Waals surface area contributed by atoms with E-state index < -0.39 is 0 Å². The van der Waals surface area contributed by atoms with Crippen LogP contribution in [0.15, 0.2) is 30.6 Å². The molecule has 2 aromatic rings. The first-order valence-corrected chi connectivity index (χ1v) is 8.07. The van der Waals surface area contributed by atoms with Crippen LogP contribution in [0.25, 0.3) is 0 Å². The molecule has 1 aliphatic rings. The second-order valence-corrected chi connectivity index (χ2v) is 6.12. The predicted molar refractivity (Wildman–Crippen MR) is 90.1 cm³/mol. The lowest BCUT2D eigenvalue weighted by atomic mass is 10.1. The zero-order chi connectivity index (χ0) is 17.1. The molecule has 1 aliphatic heterocycles. The minimum atomic E-state index is -0.119. The minimum Gasteiger partial charge on any atom is -0.506 e. The summed E-state index contributed by atoms with van der Waals surface area (Å²) in [6, 6.07) is 4.95. The van der Waals surface area contributed by atoms with E-state index in [9.17, 15) is 9.90 Å². The summed E-state index contributed by atoms with van der Waals surface area (Å²) >= 11 is 0. The number of pyridine rings is 1. The van der Waals surface area contributed by atoms with Gasteiger partial charge in [0.25, 0.3) is 5.91 Å². The molecule has 0 atom stereocenters. The van der Waals surface area contributed by atoms with Crippen LogP contribution >= 0.6 is 0 Å². The fourth-order valence-electron chi connectivity index (χ4n) is 2.62. The highest BCUT2D eigenvalue weighted by molar-refractivity contribution is 5.92. The number of aromatic hydroxyl groups is 1. The Hall–Kier alpha value is -2.70. The summed E-state index contributed by atoms with van der Waals surface area (Å²) in [6.45, 7) is 6.77. The highest BCUT2D eigenvalue weighted by Crippen LogP contribution is 2.17. The van der Waals surface area contributed by atoms with Crippen molar-refractivity contribution in [1.82, 2.24) is 19.9 Å². The van der Waals surface area contributed by atoms with E-state index in [0.29, 0.717) is 37.8 Å². The molecule has 7 heteroatoms. The number of carbonyl (C=O) groups excluding carboxylic acids is 1. The summed E-state index contributed by atoms with van der Waals surface area (Å²) in [7, 11) is 0. The van der Waals surface area contributed by atoms with Crippen molar-refractivity contribution in [3.63, 3.8) is 0 Å². The summed E-state index contributed by atoms with van der Waals surface area (Å²) < 4.78 is 0. The average molecular weight is 327 g/mol. The van der Waals surface area contributed by atoms with Crippen LogP contribution in [0.1, 0.15) is 35.9 Å². The number of hydrogen-bond acceptors (Lipinski definition) is 6. The highest BCUT2D eigenvalue weighted by atomic mass is 16.3. The first-order valence-electron chi connectivity index (χ1n) is 8.07. The van der Waals surface area contributed by atoms with Crippen molar-refractivity contribution in [2.45, 2.75) is 19.8 Å². The number of amides is 1. The van der Waals surface area contributed by atoms with Crippen molar-refractivity contribution in [3.8, 4) is 5.75 Å². The van der Waals surface area contributed by atoms with Crippen molar-refractivity contribution in [2.75, 3.05) is 31.1 Å². The van der Waals surface area contributed by atoms with Crippen molar-refractivity contribution >= 4 is 11.9 Å². The van der Waals surface area contributed by atoms with E-state index in [1.54, 1.807) is 17.2 Å². The molecule has 1 amide bonds. The maximum atomic E-state index is 12.4. The van der Waals surface area contributed by atoms with Gasteiger partial charge in [-0.3, -0.25) is 4.79 Å². The Balaban J connectivity index is 1.64. The van der Waals surface area contributed by atoms with Crippen molar-refractivity contribution in [2.24, 2.45) is 0 Å². The maximum absolute atomic E-state index is 12.4. The molecule has 1 saturated heterocycles. The topological polar surface area (TPSA) is 82.5 Å². The SMILES string of the molecule is CC(C)c1ccnc(N2CCN(C(=O)c3ccc(O)cn3)CC2)n1. The van der Waals surface area contributed by atoms with Gasteiger partial charge in [0, 0.05) is 38.1 Å². The molecule has 1 N–H and O–H groups in total. The van der Waals surface area contributed by atoms with Gasteiger partial charge in [-0.15, -0.1) is 0 Å². The van der Waals surface area contributed by atoms with Crippen molar-refractivity contribution < 1.29 is 9.90 Å². The molecular weight excluding hydrogens is 306 g/mol. The zero-order valence-corrected chi connectivity index (χ0v) is 13.9. The van der Waals surface area contributed by atoms with E-state index in [4.69, 9.17) is 0 Å². The molecule has 3 heterocycles. The van der Waals surface area contributed by atoms with Gasteiger partial charge in [0.15, 0.2) is 0 Å². The fraction of sp³-hybridized carbons (Fsp3) is 0.412. The molecule has 0 unspecified atom stereocenters. The number of aromatic nitrogens is 3. The predicted octanol–water partition coefficient (Wildman–Crippen LogP) is 1.66. The van der Waals surface area contributed by atoms with Gasteiger partial charge in [0.1, 0.15) is 11.4 Å². The smallest absolute Gasteiger partial charge is 0.272 e. The van der Waals surface area contributed by atoms with E-state index in [-0.39, 0.29) is 11.7 Å². The first-order chi connectivity index (χ1) is 11.5. The van der Waals surface area contributed by atoms with E-state index in [2.05, 4.69) is 33.7 Å². The number of piperazine rings is 1. The van der Waals surface area contributed by atoms with E-state index in [0.717, 1.165) is 11.6 Å². The van der Waals surface area contributed by atoms with Crippen LogP contribution < -0.4 is 4.90 Å². The third-order valence-corrected chi connectivity index (χ3v) is 4.07. The van der Waals surface area contributed by atoms with Gasteiger partial charge in [0.05, 0.1) is 6.20 Å². The Morgan fingerprint density at radius 1 is 1.12 bits per heavy atom. The van der Waals surface area contributed by atoms with Crippen LogP contribution in [0.3, 0.4) is 0 Å². The highest BCUT2D eigenvalue weighted by Gasteiger charge is 2.24. The first kappa shape index (κ1) is 16.2. The Kier molecular flexibility index (Phi) is 4.59. The molecular formula is C17H21N5O2. The standard InChI is InChI=1S/C17H21N5O2/c1-12(2)14-5-6-18-17(20-14)22-9-7-21(8-10-22)16(24)15-4-3-13(23)11-19-15/h3-6,11-12,23H,7-10H2,1-2H3. The molecule has 0 aromatic carbocycles. The molecule has 0 radical (unpaired) electrons. The van der Waals surface area contributed by atoms with Gasteiger partial charge in [-0.25, -0.2) is 15.0 Å². The Morgan fingerprint density at radius 2 is 1.88 bits per heavy atom. The summed E-state index contributed by atoms with van der Waals surface area (Å²) in [4.78, 5) is 29.2. The lowest BCUT2D eigenvalue weighted by Gasteiger charge is -2.34. The van der Waals surface area contributed by atoms with E-state index >= 15 is 0 Å². The van der Waals surface area contributed by atoms with Crippen LogP contribution in [0.4, 0.5) is 5.95 Å². The van der Waals surface area contributed by atoms with Crippen LogP contribution in [-0.4, -0.2) is 57.0 Å². The van der Waals surface area contributed by atoms with E-state index in [1.807, 2.05) is 6.07 Å². The number of carbonyl (C=O) groups is 1. The van der Waals surface area contributed by atoms with Crippen LogP contribution in [0, 0.1) is 0 Å². The molecule has 0 saturated carbocycles. The van der Waals surface area contributed by atoms with Gasteiger partial charge >= 0.3 is 0 Å². The molecule has 7 nitrogen and oxygen atoms in total. The van der Waals surface area contributed by atoms with Gasteiger partial charge in [-0.1, -0.05) is 13.8 Å². The summed E-state index contributed by atoms with van der Waals surface area (Å²) in [5, 5.41) is 9.26. The number of rotatable bonds is 3. The molecule has 0 spiro atoms. The maximum Gasteiger partial charge on any atom is 0.272 e. The van der Waals surface area contributed by atoms with Crippen molar-refractivity contribution in [1.29, 1.82) is 0 Å². The normalized spacial score (nSPS) is 15.0. The van der Waals surface area contributed by atoms with Crippen LogP contribution in [0.5, 0.6) is 5.75 Å². The molecule has 2 aromatic heterocycles.